The molecule has 40 heavy (non-hydrogen) atoms. The van der Waals surface area contributed by atoms with Crippen LogP contribution in [0.2, 0.25) is 0 Å². The molecular weight excluding hydrogens is 480 g/mol. The molecule has 0 aliphatic rings. The molecule has 0 saturated heterocycles. The van der Waals surface area contributed by atoms with E-state index in [1.165, 1.54) is 89.9 Å². The van der Waals surface area contributed by atoms with E-state index in [9.17, 15) is 0 Å². The predicted octanol–water partition coefficient (Wildman–Crippen LogP) is 13.0. The van der Waals surface area contributed by atoms with E-state index in [2.05, 4.69) is 106 Å². The fourth-order valence-corrected chi connectivity index (χ4v) is 6.72. The molecule has 0 N–H and O–H groups in total. The van der Waals surface area contributed by atoms with E-state index in [1.54, 1.807) is 33.4 Å². The van der Waals surface area contributed by atoms with Gasteiger partial charge in [0.15, 0.2) is 0 Å². The second-order valence-electron chi connectivity index (χ2n) is 13.0. The van der Waals surface area contributed by atoms with Gasteiger partial charge in [-0.1, -0.05) is 144 Å². The summed E-state index contributed by atoms with van der Waals surface area (Å²) in [5.41, 5.74) is 9.76. The van der Waals surface area contributed by atoms with Crippen LogP contribution in [0.3, 0.4) is 0 Å². The standard InChI is InChI=1S/2C20H34/c2*1-6-11-19(15-9-12-16(4)5)20-17(7-2)13-10-14-18(20)8-3/h2*10,13-14,16,19H,6-9,11-12,15H2,1-5H3/t2*19-/m10/s1. The van der Waals surface area contributed by atoms with Gasteiger partial charge < -0.3 is 0 Å². The van der Waals surface area contributed by atoms with Crippen LogP contribution in [0.15, 0.2) is 36.4 Å². The molecule has 0 radical (unpaired) electrons. The van der Waals surface area contributed by atoms with Crippen LogP contribution in [0.5, 0.6) is 0 Å². The molecule has 0 aromatic heterocycles. The Bertz CT molecular complexity index is 782. The van der Waals surface area contributed by atoms with Crippen LogP contribution in [-0.2, 0) is 25.7 Å². The molecule has 0 fully saturated rings. The molecular formula is C40H68. The Morgan fingerprint density at radius 3 is 0.950 bits per heavy atom. The summed E-state index contributed by atoms with van der Waals surface area (Å²) in [4.78, 5) is 0. The predicted molar refractivity (Wildman–Crippen MR) is 183 cm³/mol. The highest BCUT2D eigenvalue weighted by Gasteiger charge is 2.18. The first-order valence-corrected chi connectivity index (χ1v) is 17.5. The van der Waals surface area contributed by atoms with Crippen molar-refractivity contribution in [2.45, 2.75) is 171 Å². The quantitative estimate of drug-likeness (QED) is 0.174. The van der Waals surface area contributed by atoms with Gasteiger partial charge in [-0.2, -0.15) is 0 Å². The second-order valence-corrected chi connectivity index (χ2v) is 13.0. The molecule has 2 aromatic rings. The van der Waals surface area contributed by atoms with Crippen LogP contribution in [-0.4, -0.2) is 0 Å². The van der Waals surface area contributed by atoms with Crippen molar-refractivity contribution in [3.05, 3.63) is 69.8 Å². The smallest absolute Gasteiger partial charge is 0.0157 e. The number of aryl methyl sites for hydroxylation is 4. The van der Waals surface area contributed by atoms with Crippen LogP contribution < -0.4 is 0 Å². The van der Waals surface area contributed by atoms with E-state index >= 15 is 0 Å². The molecule has 0 heteroatoms. The lowest BCUT2D eigenvalue weighted by Gasteiger charge is -2.23. The van der Waals surface area contributed by atoms with Crippen molar-refractivity contribution in [3.63, 3.8) is 0 Å². The maximum atomic E-state index is 2.35. The van der Waals surface area contributed by atoms with Gasteiger partial charge in [0.1, 0.15) is 0 Å². The maximum Gasteiger partial charge on any atom is -0.0157 e. The van der Waals surface area contributed by atoms with Gasteiger partial charge in [0, 0.05) is 0 Å². The van der Waals surface area contributed by atoms with Gasteiger partial charge in [0.25, 0.3) is 0 Å². The summed E-state index contributed by atoms with van der Waals surface area (Å²) in [5, 5.41) is 0. The largest absolute Gasteiger partial charge is 0.0654 e. The molecule has 0 nitrogen and oxygen atoms in total. The van der Waals surface area contributed by atoms with Gasteiger partial charge >= 0.3 is 0 Å². The second kappa shape index (κ2) is 21.2. The average molecular weight is 549 g/mol. The first-order valence-electron chi connectivity index (χ1n) is 17.5. The number of hydrogen-bond acceptors (Lipinski definition) is 0. The molecule has 0 bridgehead atoms. The van der Waals surface area contributed by atoms with Crippen LogP contribution in [0.25, 0.3) is 0 Å². The normalized spacial score (nSPS) is 12.9. The topological polar surface area (TPSA) is 0 Å². The summed E-state index contributed by atoms with van der Waals surface area (Å²) in [6.07, 6.45) is 18.2. The fraction of sp³-hybridized carbons (Fsp3) is 0.700. The SMILES string of the molecule is CCC[C@@H](CCCC(C)C)c1c(CC)cccc1CC.CCC[C@H](CCCC(C)C)c1c(CC)cccc1CC. The fourth-order valence-electron chi connectivity index (χ4n) is 6.72. The van der Waals surface area contributed by atoms with Crippen LogP contribution in [0.1, 0.15) is 179 Å². The van der Waals surface area contributed by atoms with Crippen molar-refractivity contribution in [1.29, 1.82) is 0 Å². The summed E-state index contributed by atoms with van der Waals surface area (Å²) in [6.45, 7) is 23.2. The zero-order chi connectivity index (χ0) is 29.9. The van der Waals surface area contributed by atoms with Gasteiger partial charge in [-0.3, -0.25) is 0 Å². The molecule has 228 valence electrons. The van der Waals surface area contributed by atoms with Gasteiger partial charge in [-0.05, 0) is 108 Å². The van der Waals surface area contributed by atoms with Crippen molar-refractivity contribution < 1.29 is 0 Å². The monoisotopic (exact) mass is 549 g/mol. The van der Waals surface area contributed by atoms with Crippen molar-refractivity contribution in [2.75, 3.05) is 0 Å². The molecule has 2 aromatic carbocycles. The van der Waals surface area contributed by atoms with Gasteiger partial charge in [-0.15, -0.1) is 0 Å². The summed E-state index contributed by atoms with van der Waals surface area (Å²) in [6, 6.07) is 13.9. The Kier molecular flexibility index (Phi) is 19.3. The van der Waals surface area contributed by atoms with E-state index in [-0.39, 0.29) is 0 Å². The van der Waals surface area contributed by atoms with Crippen molar-refractivity contribution in [1.82, 2.24) is 0 Å². The number of benzene rings is 2. The van der Waals surface area contributed by atoms with Crippen LogP contribution in [0.4, 0.5) is 0 Å². The number of hydrogen-bond donors (Lipinski definition) is 0. The Balaban J connectivity index is 0.000000400. The van der Waals surface area contributed by atoms with Crippen LogP contribution >= 0.6 is 0 Å². The van der Waals surface area contributed by atoms with E-state index in [0.29, 0.717) is 0 Å². The van der Waals surface area contributed by atoms with E-state index in [1.807, 2.05) is 0 Å². The lowest BCUT2D eigenvalue weighted by Crippen LogP contribution is -2.07. The van der Waals surface area contributed by atoms with Gasteiger partial charge in [0.2, 0.25) is 0 Å². The molecule has 0 unspecified atom stereocenters. The maximum absolute atomic E-state index is 2.35. The lowest BCUT2D eigenvalue weighted by atomic mass is 9.82. The molecule has 2 atom stereocenters. The van der Waals surface area contributed by atoms with Crippen molar-refractivity contribution >= 4 is 0 Å². The molecule has 2 rings (SSSR count). The highest BCUT2D eigenvalue weighted by Crippen LogP contribution is 2.35. The molecule has 0 aliphatic heterocycles. The summed E-state index contributed by atoms with van der Waals surface area (Å²) in [7, 11) is 0. The van der Waals surface area contributed by atoms with E-state index in [4.69, 9.17) is 0 Å². The average Bonchev–Trinajstić information content (AvgIpc) is 2.95. The molecule has 0 heterocycles. The van der Waals surface area contributed by atoms with Crippen molar-refractivity contribution in [2.24, 2.45) is 11.8 Å². The van der Waals surface area contributed by atoms with Gasteiger partial charge in [-0.25, -0.2) is 0 Å². The molecule has 0 aliphatic carbocycles. The minimum atomic E-state index is 0.782. The lowest BCUT2D eigenvalue weighted by molar-refractivity contribution is 0.479. The summed E-state index contributed by atoms with van der Waals surface area (Å²) < 4.78 is 0. The van der Waals surface area contributed by atoms with E-state index in [0.717, 1.165) is 23.7 Å². The first kappa shape index (κ1) is 36.5. The molecule has 0 saturated carbocycles. The first-order chi connectivity index (χ1) is 19.3. The molecule has 0 spiro atoms. The summed E-state index contributed by atoms with van der Waals surface area (Å²) >= 11 is 0. The van der Waals surface area contributed by atoms with Crippen molar-refractivity contribution in [3.8, 4) is 0 Å². The Hall–Kier alpha value is -1.56. The highest BCUT2D eigenvalue weighted by molar-refractivity contribution is 5.39. The highest BCUT2D eigenvalue weighted by atomic mass is 14.2. The van der Waals surface area contributed by atoms with Crippen LogP contribution in [0, 0.1) is 11.8 Å². The molecule has 0 amide bonds. The van der Waals surface area contributed by atoms with Gasteiger partial charge in [0.05, 0.1) is 0 Å². The third kappa shape index (κ3) is 12.5. The zero-order valence-corrected chi connectivity index (χ0v) is 28.7. The summed E-state index contributed by atoms with van der Waals surface area (Å²) in [5.74, 6) is 3.24. The Morgan fingerprint density at radius 1 is 0.425 bits per heavy atom. The Morgan fingerprint density at radius 2 is 0.725 bits per heavy atom. The third-order valence-corrected chi connectivity index (χ3v) is 8.86. The minimum absolute atomic E-state index is 0.782. The zero-order valence-electron chi connectivity index (χ0n) is 28.7. The van der Waals surface area contributed by atoms with E-state index < -0.39 is 0 Å². The minimum Gasteiger partial charge on any atom is -0.0654 e. The third-order valence-electron chi connectivity index (χ3n) is 8.86. The Labute approximate surface area is 252 Å². The number of rotatable bonds is 18.